The van der Waals surface area contributed by atoms with Gasteiger partial charge in [0.2, 0.25) is 0 Å². The van der Waals surface area contributed by atoms with Gasteiger partial charge in [0.05, 0.1) is 0 Å². The van der Waals surface area contributed by atoms with Gasteiger partial charge in [-0.15, -0.1) is 0 Å². The molecule has 1 aromatic rings. The molecule has 2 rings (SSSR count). The molecule has 0 aliphatic heterocycles. The highest BCUT2D eigenvalue weighted by Gasteiger charge is 2.22. The van der Waals surface area contributed by atoms with E-state index in [1.807, 2.05) is 12.1 Å². The Morgan fingerprint density at radius 1 is 1.42 bits per heavy atom. The monoisotopic (exact) mass is 276 g/mol. The quantitative estimate of drug-likeness (QED) is 0.816. The maximum Gasteiger partial charge on any atom is 0.106 e. The van der Waals surface area contributed by atoms with Crippen LogP contribution in [0.4, 0.5) is 5.69 Å². The average molecular weight is 276 g/mol. The Morgan fingerprint density at radius 3 is 2.89 bits per heavy atom. The Balaban J connectivity index is 2.16. The van der Waals surface area contributed by atoms with Crippen molar-refractivity contribution in [2.24, 2.45) is 11.7 Å². The minimum Gasteiger partial charge on any atom is -0.389 e. The van der Waals surface area contributed by atoms with E-state index in [2.05, 4.69) is 25.2 Å². The van der Waals surface area contributed by atoms with Gasteiger partial charge in [0.15, 0.2) is 0 Å². The van der Waals surface area contributed by atoms with Crippen LogP contribution in [-0.4, -0.2) is 11.0 Å². The summed E-state index contributed by atoms with van der Waals surface area (Å²) in [5.41, 5.74) is 9.18. The third-order valence-electron chi connectivity index (χ3n) is 4.25. The summed E-state index contributed by atoms with van der Waals surface area (Å²) in [7, 11) is 0. The van der Waals surface area contributed by atoms with Crippen LogP contribution in [0.15, 0.2) is 18.2 Å². The molecule has 3 heteroatoms. The molecule has 1 saturated carbocycles. The van der Waals surface area contributed by atoms with Crippen LogP contribution < -0.4 is 11.1 Å². The number of para-hydroxylation sites is 1. The number of thiocarbonyl (C=S) groups is 1. The number of anilines is 1. The second kappa shape index (κ2) is 6.38. The van der Waals surface area contributed by atoms with Gasteiger partial charge in [0.25, 0.3) is 0 Å². The van der Waals surface area contributed by atoms with Gasteiger partial charge < -0.3 is 11.1 Å². The predicted molar refractivity (Wildman–Crippen MR) is 86.7 cm³/mol. The van der Waals surface area contributed by atoms with E-state index in [9.17, 15) is 0 Å². The first-order valence-electron chi connectivity index (χ1n) is 7.27. The third kappa shape index (κ3) is 3.47. The third-order valence-corrected chi connectivity index (χ3v) is 4.47. The van der Waals surface area contributed by atoms with E-state index in [1.54, 1.807) is 0 Å². The van der Waals surface area contributed by atoms with Crippen molar-refractivity contribution in [1.82, 2.24) is 0 Å². The van der Waals surface area contributed by atoms with Gasteiger partial charge in [-0.25, -0.2) is 0 Å². The van der Waals surface area contributed by atoms with Gasteiger partial charge in [0.1, 0.15) is 4.99 Å². The Kier molecular flexibility index (Phi) is 4.81. The molecule has 0 spiro atoms. The summed E-state index contributed by atoms with van der Waals surface area (Å²) >= 11 is 5.16. The molecule has 1 aromatic carbocycles. The molecule has 0 aromatic heterocycles. The standard InChI is InChI=1S/C16H24N2S/c1-3-12-7-5-8-13(10-12)18-15-11(2)6-4-9-14(15)16(17)19/h4,6,9,12-13,18H,3,5,7-8,10H2,1-2H3,(H2,17,19). The molecule has 1 fully saturated rings. The highest BCUT2D eigenvalue weighted by Crippen LogP contribution is 2.30. The van der Waals surface area contributed by atoms with Crippen molar-refractivity contribution in [1.29, 1.82) is 0 Å². The number of nitrogens with one attached hydrogen (secondary N) is 1. The lowest BCUT2D eigenvalue weighted by molar-refractivity contribution is 0.327. The van der Waals surface area contributed by atoms with Gasteiger partial charge in [-0.05, 0) is 37.3 Å². The summed E-state index contributed by atoms with van der Waals surface area (Å²) < 4.78 is 0. The molecular weight excluding hydrogens is 252 g/mol. The molecule has 19 heavy (non-hydrogen) atoms. The highest BCUT2D eigenvalue weighted by molar-refractivity contribution is 7.80. The second-order valence-corrected chi connectivity index (χ2v) is 6.08. The van der Waals surface area contributed by atoms with Crippen LogP contribution in [0.5, 0.6) is 0 Å². The van der Waals surface area contributed by atoms with Crippen molar-refractivity contribution in [3.05, 3.63) is 29.3 Å². The van der Waals surface area contributed by atoms with Crippen LogP contribution in [0.25, 0.3) is 0 Å². The lowest BCUT2D eigenvalue weighted by Crippen LogP contribution is -2.28. The zero-order valence-electron chi connectivity index (χ0n) is 11.9. The van der Waals surface area contributed by atoms with E-state index in [-0.39, 0.29) is 0 Å². The number of rotatable bonds is 4. The predicted octanol–water partition coefficient (Wildman–Crippen LogP) is 4.01. The zero-order valence-corrected chi connectivity index (χ0v) is 12.7. The smallest absolute Gasteiger partial charge is 0.106 e. The Hall–Kier alpha value is -1.09. The fourth-order valence-corrected chi connectivity index (χ4v) is 3.23. The maximum atomic E-state index is 5.83. The van der Waals surface area contributed by atoms with Gasteiger partial charge in [-0.1, -0.05) is 50.5 Å². The van der Waals surface area contributed by atoms with Crippen LogP contribution in [-0.2, 0) is 0 Å². The molecule has 3 N–H and O–H groups in total. The molecule has 0 saturated heterocycles. The van der Waals surface area contributed by atoms with Crippen LogP contribution in [0, 0.1) is 12.8 Å². The van der Waals surface area contributed by atoms with Crippen molar-refractivity contribution in [3.8, 4) is 0 Å². The van der Waals surface area contributed by atoms with Crippen LogP contribution in [0.3, 0.4) is 0 Å². The Bertz CT molecular complexity index is 456. The molecule has 2 nitrogen and oxygen atoms in total. The van der Waals surface area contributed by atoms with E-state index in [0.717, 1.165) is 17.2 Å². The first-order valence-corrected chi connectivity index (χ1v) is 7.68. The molecule has 0 radical (unpaired) electrons. The van der Waals surface area contributed by atoms with Crippen LogP contribution in [0.1, 0.15) is 50.2 Å². The lowest BCUT2D eigenvalue weighted by atomic mass is 9.84. The van der Waals surface area contributed by atoms with Gasteiger partial charge >= 0.3 is 0 Å². The maximum absolute atomic E-state index is 5.83. The van der Waals surface area contributed by atoms with E-state index in [0.29, 0.717) is 11.0 Å². The summed E-state index contributed by atoms with van der Waals surface area (Å²) in [6.45, 7) is 4.41. The van der Waals surface area contributed by atoms with E-state index in [4.69, 9.17) is 18.0 Å². The molecule has 2 unspecified atom stereocenters. The van der Waals surface area contributed by atoms with Crippen molar-refractivity contribution in [3.63, 3.8) is 0 Å². The summed E-state index contributed by atoms with van der Waals surface area (Å²) in [5, 5.41) is 3.70. The molecule has 0 heterocycles. The fourth-order valence-electron chi connectivity index (χ4n) is 3.06. The minimum absolute atomic E-state index is 0.481. The van der Waals surface area contributed by atoms with Crippen molar-refractivity contribution in [2.75, 3.05) is 5.32 Å². The molecule has 104 valence electrons. The topological polar surface area (TPSA) is 38.0 Å². The largest absolute Gasteiger partial charge is 0.389 e. The molecule has 2 atom stereocenters. The molecule has 1 aliphatic rings. The first-order chi connectivity index (χ1) is 9.11. The highest BCUT2D eigenvalue weighted by atomic mass is 32.1. The Labute approximate surface area is 121 Å². The van der Waals surface area contributed by atoms with Crippen molar-refractivity contribution >= 4 is 22.9 Å². The molecular formula is C16H24N2S. The second-order valence-electron chi connectivity index (χ2n) is 5.64. The van der Waals surface area contributed by atoms with Crippen LogP contribution in [0.2, 0.25) is 0 Å². The van der Waals surface area contributed by atoms with E-state index < -0.39 is 0 Å². The molecule has 1 aliphatic carbocycles. The average Bonchev–Trinajstić information content (AvgIpc) is 2.41. The fraction of sp³-hybridized carbons (Fsp3) is 0.562. The van der Waals surface area contributed by atoms with E-state index >= 15 is 0 Å². The summed E-state index contributed by atoms with van der Waals surface area (Å²) in [4.78, 5) is 0.481. The van der Waals surface area contributed by atoms with Crippen LogP contribution >= 0.6 is 12.2 Å². The molecule has 0 amide bonds. The summed E-state index contributed by atoms with van der Waals surface area (Å²) in [6.07, 6.45) is 6.51. The number of nitrogens with two attached hydrogens (primary N) is 1. The normalized spacial score (nSPS) is 23.1. The number of hydrogen-bond donors (Lipinski definition) is 2. The zero-order chi connectivity index (χ0) is 13.8. The van der Waals surface area contributed by atoms with Gasteiger partial charge in [0, 0.05) is 17.3 Å². The van der Waals surface area contributed by atoms with Gasteiger partial charge in [-0.3, -0.25) is 0 Å². The number of benzene rings is 1. The number of hydrogen-bond acceptors (Lipinski definition) is 2. The Morgan fingerprint density at radius 2 is 2.21 bits per heavy atom. The SMILES string of the molecule is CCC1CCCC(Nc2c(C)cccc2C(N)=S)C1. The van der Waals surface area contributed by atoms with Crippen molar-refractivity contribution < 1.29 is 0 Å². The van der Waals surface area contributed by atoms with Gasteiger partial charge in [-0.2, -0.15) is 0 Å². The van der Waals surface area contributed by atoms with E-state index in [1.165, 1.54) is 37.7 Å². The summed E-state index contributed by atoms with van der Waals surface area (Å²) in [5.74, 6) is 0.864. The summed E-state index contributed by atoms with van der Waals surface area (Å²) in [6, 6.07) is 6.71. The molecule has 0 bridgehead atoms. The minimum atomic E-state index is 0.481. The first kappa shape index (κ1) is 14.3. The van der Waals surface area contributed by atoms with Crippen molar-refractivity contribution in [2.45, 2.75) is 52.0 Å². The lowest BCUT2D eigenvalue weighted by Gasteiger charge is -2.31. The number of aryl methyl sites for hydroxylation is 1.